The fourth-order valence-electron chi connectivity index (χ4n) is 2.13. The first kappa shape index (κ1) is 16.9. The van der Waals surface area contributed by atoms with Crippen LogP contribution >= 0.6 is 0 Å². The molecule has 7 heteroatoms. The fraction of sp³-hybridized carbons (Fsp3) is 0.188. The van der Waals surface area contributed by atoms with Gasteiger partial charge in [0.05, 0.1) is 23.6 Å². The van der Waals surface area contributed by atoms with Gasteiger partial charge in [0.25, 0.3) is 0 Å². The van der Waals surface area contributed by atoms with E-state index in [1.807, 2.05) is 0 Å². The van der Waals surface area contributed by atoms with Crippen LogP contribution in [0.1, 0.15) is 16.7 Å². The minimum absolute atomic E-state index is 0.211. The average Bonchev–Trinajstić information content (AvgIpc) is 2.45. The zero-order valence-electron chi connectivity index (χ0n) is 11.5. The number of hydrogen-bond donors (Lipinski definition) is 0. The van der Waals surface area contributed by atoms with Crippen LogP contribution < -0.4 is 0 Å². The van der Waals surface area contributed by atoms with Crippen LogP contribution in [0, 0.1) is 11.3 Å². The summed E-state index contributed by atoms with van der Waals surface area (Å²) in [7, 11) is 0. The number of nitriles is 1. The minimum atomic E-state index is -4.59. The molecule has 0 fully saturated rings. The molecule has 0 amide bonds. The maximum absolute atomic E-state index is 12.9. The SMILES string of the molecule is N#CCc1cc(-c2ccc(C(F)(F)F)cc2)ccc1C(F)(F)F. The Balaban J connectivity index is 2.45. The highest BCUT2D eigenvalue weighted by atomic mass is 19.4. The summed E-state index contributed by atoms with van der Waals surface area (Å²) in [6.07, 6.45) is -9.52. The van der Waals surface area contributed by atoms with Gasteiger partial charge in [0.2, 0.25) is 0 Å². The quantitative estimate of drug-likeness (QED) is 0.671. The molecule has 23 heavy (non-hydrogen) atoms. The molecule has 0 radical (unpaired) electrons. The number of benzene rings is 2. The van der Waals surface area contributed by atoms with E-state index >= 15 is 0 Å². The molecule has 0 bridgehead atoms. The van der Waals surface area contributed by atoms with E-state index < -0.39 is 29.9 Å². The Bertz CT molecular complexity index is 735. The van der Waals surface area contributed by atoms with Crippen molar-refractivity contribution >= 4 is 0 Å². The molecule has 0 atom stereocenters. The first-order valence-electron chi connectivity index (χ1n) is 6.37. The van der Waals surface area contributed by atoms with Crippen molar-refractivity contribution < 1.29 is 26.3 Å². The molecule has 2 aromatic rings. The van der Waals surface area contributed by atoms with E-state index in [9.17, 15) is 26.3 Å². The van der Waals surface area contributed by atoms with Crippen LogP contribution in [-0.4, -0.2) is 0 Å². The number of halogens is 6. The summed E-state index contributed by atoms with van der Waals surface area (Å²) in [4.78, 5) is 0. The van der Waals surface area contributed by atoms with Crippen LogP contribution in [0.15, 0.2) is 42.5 Å². The Kier molecular flexibility index (Phi) is 4.37. The Hall–Kier alpha value is -2.49. The van der Waals surface area contributed by atoms with Crippen molar-refractivity contribution in [3.63, 3.8) is 0 Å². The Morgan fingerprint density at radius 2 is 1.35 bits per heavy atom. The predicted molar refractivity (Wildman–Crippen MR) is 71.2 cm³/mol. The molecule has 0 heterocycles. The van der Waals surface area contributed by atoms with E-state index in [1.54, 1.807) is 6.07 Å². The van der Waals surface area contributed by atoms with Crippen molar-refractivity contribution in [2.75, 3.05) is 0 Å². The molecule has 2 aromatic carbocycles. The maximum Gasteiger partial charge on any atom is 0.416 e. The lowest BCUT2D eigenvalue weighted by atomic mass is 9.96. The number of hydrogen-bond acceptors (Lipinski definition) is 1. The highest BCUT2D eigenvalue weighted by Crippen LogP contribution is 2.35. The molecule has 120 valence electrons. The summed E-state index contributed by atoms with van der Waals surface area (Å²) in [5.74, 6) is 0. The summed E-state index contributed by atoms with van der Waals surface area (Å²) in [5.41, 5.74) is -1.32. The second kappa shape index (κ2) is 5.95. The molecule has 0 spiro atoms. The summed E-state index contributed by atoms with van der Waals surface area (Å²) >= 11 is 0. The van der Waals surface area contributed by atoms with E-state index in [1.165, 1.54) is 24.3 Å². The van der Waals surface area contributed by atoms with Gasteiger partial charge < -0.3 is 0 Å². The average molecular weight is 329 g/mol. The van der Waals surface area contributed by atoms with Gasteiger partial charge in [-0.1, -0.05) is 18.2 Å². The zero-order chi connectivity index (χ0) is 17.3. The molecule has 1 nitrogen and oxygen atoms in total. The van der Waals surface area contributed by atoms with E-state index in [-0.39, 0.29) is 5.56 Å². The molecule has 0 saturated carbocycles. The van der Waals surface area contributed by atoms with E-state index in [2.05, 4.69) is 0 Å². The van der Waals surface area contributed by atoms with E-state index in [0.717, 1.165) is 18.2 Å². The van der Waals surface area contributed by atoms with Crippen LogP contribution in [0.4, 0.5) is 26.3 Å². The summed E-state index contributed by atoms with van der Waals surface area (Å²) < 4.78 is 76.1. The Morgan fingerprint density at radius 3 is 1.83 bits per heavy atom. The highest BCUT2D eigenvalue weighted by molar-refractivity contribution is 5.65. The summed E-state index contributed by atoms with van der Waals surface area (Å²) in [6, 6.07) is 8.92. The predicted octanol–water partition coefficient (Wildman–Crippen LogP) is 5.46. The normalized spacial score (nSPS) is 12.0. The first-order chi connectivity index (χ1) is 10.6. The molecule has 0 aliphatic heterocycles. The van der Waals surface area contributed by atoms with Crippen LogP contribution in [0.3, 0.4) is 0 Å². The van der Waals surface area contributed by atoms with Crippen LogP contribution in [0.25, 0.3) is 11.1 Å². The van der Waals surface area contributed by atoms with Crippen molar-refractivity contribution in [1.82, 2.24) is 0 Å². The highest BCUT2D eigenvalue weighted by Gasteiger charge is 2.33. The standard InChI is InChI=1S/C16H9F6N/c17-15(18,19)13-4-1-10(2-5-13)11-3-6-14(16(20,21)22)12(9-11)7-8-23/h1-6,9H,7H2. The lowest BCUT2D eigenvalue weighted by Gasteiger charge is -2.13. The van der Waals surface area contributed by atoms with Crippen LogP contribution in [0.5, 0.6) is 0 Å². The number of rotatable bonds is 2. The van der Waals surface area contributed by atoms with Crippen molar-refractivity contribution in [2.45, 2.75) is 18.8 Å². The fourth-order valence-corrected chi connectivity index (χ4v) is 2.13. The molecule has 0 saturated heterocycles. The van der Waals surface area contributed by atoms with Gasteiger partial charge in [0.1, 0.15) is 0 Å². The third-order valence-corrected chi connectivity index (χ3v) is 3.23. The first-order valence-corrected chi connectivity index (χ1v) is 6.37. The maximum atomic E-state index is 12.9. The Labute approximate surface area is 127 Å². The van der Waals surface area contributed by atoms with Crippen molar-refractivity contribution in [3.05, 3.63) is 59.2 Å². The number of nitrogens with zero attached hydrogens (tertiary/aromatic N) is 1. The second-order valence-electron chi connectivity index (χ2n) is 4.78. The molecular formula is C16H9F6N. The van der Waals surface area contributed by atoms with Gasteiger partial charge in [0.15, 0.2) is 0 Å². The summed E-state index contributed by atoms with van der Waals surface area (Å²) in [5, 5.41) is 8.65. The van der Waals surface area contributed by atoms with Gasteiger partial charge in [-0.15, -0.1) is 0 Å². The lowest BCUT2D eigenvalue weighted by molar-refractivity contribution is -0.138. The topological polar surface area (TPSA) is 23.8 Å². The van der Waals surface area contributed by atoms with Crippen LogP contribution in [0.2, 0.25) is 0 Å². The lowest BCUT2D eigenvalue weighted by Crippen LogP contribution is -2.09. The summed E-state index contributed by atoms with van der Waals surface area (Å²) in [6.45, 7) is 0. The van der Waals surface area contributed by atoms with Gasteiger partial charge >= 0.3 is 12.4 Å². The van der Waals surface area contributed by atoms with Crippen molar-refractivity contribution in [2.24, 2.45) is 0 Å². The van der Waals surface area contributed by atoms with Gasteiger partial charge in [-0.25, -0.2) is 0 Å². The zero-order valence-corrected chi connectivity index (χ0v) is 11.5. The van der Waals surface area contributed by atoms with Gasteiger partial charge in [-0.3, -0.25) is 0 Å². The number of alkyl halides is 6. The molecule has 0 aliphatic rings. The van der Waals surface area contributed by atoms with Crippen molar-refractivity contribution in [1.29, 1.82) is 5.26 Å². The monoisotopic (exact) mass is 329 g/mol. The molecule has 0 aliphatic carbocycles. The molecule has 0 N–H and O–H groups in total. The van der Waals surface area contributed by atoms with Gasteiger partial charge in [-0.05, 0) is 41.0 Å². The van der Waals surface area contributed by atoms with Gasteiger partial charge in [-0.2, -0.15) is 31.6 Å². The Morgan fingerprint density at radius 1 is 0.783 bits per heavy atom. The smallest absolute Gasteiger partial charge is 0.198 e. The van der Waals surface area contributed by atoms with E-state index in [4.69, 9.17) is 5.26 Å². The largest absolute Gasteiger partial charge is 0.416 e. The second-order valence-corrected chi connectivity index (χ2v) is 4.78. The van der Waals surface area contributed by atoms with Gasteiger partial charge in [0, 0.05) is 0 Å². The van der Waals surface area contributed by atoms with Crippen molar-refractivity contribution in [3.8, 4) is 17.2 Å². The van der Waals surface area contributed by atoms with E-state index in [0.29, 0.717) is 11.1 Å². The van der Waals surface area contributed by atoms with Crippen LogP contribution in [-0.2, 0) is 18.8 Å². The third-order valence-electron chi connectivity index (χ3n) is 3.23. The molecular weight excluding hydrogens is 320 g/mol. The molecule has 2 rings (SSSR count). The minimum Gasteiger partial charge on any atom is -0.198 e. The molecule has 0 aromatic heterocycles. The third kappa shape index (κ3) is 3.83. The molecule has 0 unspecified atom stereocenters.